The molecule has 0 atom stereocenters. The van der Waals surface area contributed by atoms with Gasteiger partial charge < -0.3 is 14.4 Å². The van der Waals surface area contributed by atoms with Crippen LogP contribution in [-0.4, -0.2) is 86.3 Å². The van der Waals surface area contributed by atoms with Crippen molar-refractivity contribution in [2.45, 2.75) is 18.9 Å². The molecule has 0 aromatic carbocycles. The fraction of sp³-hybridized carbons (Fsp3) is 0.588. The monoisotopic (exact) mass is 356 g/mol. The van der Waals surface area contributed by atoms with E-state index >= 15 is 0 Å². The van der Waals surface area contributed by atoms with E-state index in [0.29, 0.717) is 12.6 Å². The zero-order chi connectivity index (χ0) is 17.8. The molecule has 0 saturated carbocycles. The molecule has 4 rings (SSSR count). The van der Waals surface area contributed by atoms with Gasteiger partial charge in [0.25, 0.3) is 0 Å². The molecule has 1 amide bonds. The van der Waals surface area contributed by atoms with E-state index in [0.717, 1.165) is 58.1 Å². The topological polar surface area (TPSA) is 83.3 Å². The van der Waals surface area contributed by atoms with Crippen molar-refractivity contribution in [3.05, 3.63) is 31.1 Å². The molecule has 0 radical (unpaired) electrons. The summed E-state index contributed by atoms with van der Waals surface area (Å²) in [6.07, 6.45) is 8.98. The van der Waals surface area contributed by atoms with Crippen LogP contribution < -0.4 is 4.90 Å². The second kappa shape index (κ2) is 7.77. The Hall–Kier alpha value is -2.55. The SMILES string of the molecule is O=C(CN1CCN(c2ncccn2)CC1)N1CCC(n2cnnc2)CC1. The summed E-state index contributed by atoms with van der Waals surface area (Å²) in [7, 11) is 0. The highest BCUT2D eigenvalue weighted by Crippen LogP contribution is 2.22. The molecule has 2 aromatic rings. The minimum Gasteiger partial charge on any atom is -0.341 e. The van der Waals surface area contributed by atoms with Crippen LogP contribution in [0.2, 0.25) is 0 Å². The van der Waals surface area contributed by atoms with E-state index in [4.69, 9.17) is 0 Å². The lowest BCUT2D eigenvalue weighted by Crippen LogP contribution is -2.51. The molecule has 0 spiro atoms. The van der Waals surface area contributed by atoms with Gasteiger partial charge in [-0.3, -0.25) is 9.69 Å². The molecule has 26 heavy (non-hydrogen) atoms. The van der Waals surface area contributed by atoms with Crippen LogP contribution in [0.5, 0.6) is 0 Å². The van der Waals surface area contributed by atoms with E-state index in [2.05, 4.69) is 30.0 Å². The number of aromatic nitrogens is 5. The van der Waals surface area contributed by atoms with Gasteiger partial charge in [-0.1, -0.05) is 0 Å². The summed E-state index contributed by atoms with van der Waals surface area (Å²) >= 11 is 0. The number of hydrogen-bond donors (Lipinski definition) is 0. The number of anilines is 1. The second-order valence-corrected chi connectivity index (χ2v) is 6.83. The third-order valence-corrected chi connectivity index (χ3v) is 5.24. The summed E-state index contributed by atoms with van der Waals surface area (Å²) in [4.78, 5) is 27.6. The first kappa shape index (κ1) is 16.9. The summed E-state index contributed by atoms with van der Waals surface area (Å²) in [5.41, 5.74) is 0. The molecule has 2 aromatic heterocycles. The van der Waals surface area contributed by atoms with Gasteiger partial charge in [-0.25, -0.2) is 9.97 Å². The zero-order valence-corrected chi connectivity index (χ0v) is 14.8. The molecule has 138 valence electrons. The summed E-state index contributed by atoms with van der Waals surface area (Å²) in [6, 6.07) is 2.23. The number of likely N-dealkylation sites (tertiary alicyclic amines) is 1. The molecule has 0 unspecified atom stereocenters. The highest BCUT2D eigenvalue weighted by atomic mass is 16.2. The second-order valence-electron chi connectivity index (χ2n) is 6.83. The first-order chi connectivity index (χ1) is 12.8. The fourth-order valence-corrected chi connectivity index (χ4v) is 3.66. The molecule has 9 nitrogen and oxygen atoms in total. The predicted molar refractivity (Wildman–Crippen MR) is 95.6 cm³/mol. The Morgan fingerprint density at radius 1 is 0.962 bits per heavy atom. The average molecular weight is 356 g/mol. The van der Waals surface area contributed by atoms with Gasteiger partial charge in [0.05, 0.1) is 6.54 Å². The average Bonchev–Trinajstić information content (AvgIpc) is 3.24. The number of carbonyl (C=O) groups excluding carboxylic acids is 1. The highest BCUT2D eigenvalue weighted by molar-refractivity contribution is 5.78. The van der Waals surface area contributed by atoms with Crippen LogP contribution >= 0.6 is 0 Å². The number of carbonyl (C=O) groups is 1. The van der Waals surface area contributed by atoms with Gasteiger partial charge in [-0.15, -0.1) is 10.2 Å². The standard InChI is InChI=1S/C17H24N8O/c26-16(23-6-2-15(3-7-23)25-13-20-21-14-25)12-22-8-10-24(11-9-22)17-18-4-1-5-19-17/h1,4-5,13-15H,2-3,6-12H2. The Morgan fingerprint density at radius 3 is 2.27 bits per heavy atom. The van der Waals surface area contributed by atoms with Crippen molar-refractivity contribution in [3.63, 3.8) is 0 Å². The molecule has 4 heterocycles. The molecular weight excluding hydrogens is 332 g/mol. The molecule has 0 bridgehead atoms. The van der Waals surface area contributed by atoms with Crippen LogP contribution in [0.1, 0.15) is 18.9 Å². The minimum absolute atomic E-state index is 0.233. The van der Waals surface area contributed by atoms with E-state index in [1.807, 2.05) is 15.5 Å². The van der Waals surface area contributed by atoms with Crippen molar-refractivity contribution in [1.29, 1.82) is 0 Å². The quantitative estimate of drug-likeness (QED) is 0.766. The van der Waals surface area contributed by atoms with Crippen molar-refractivity contribution in [2.75, 3.05) is 50.7 Å². The number of hydrogen-bond acceptors (Lipinski definition) is 7. The maximum atomic E-state index is 12.6. The van der Waals surface area contributed by atoms with Crippen molar-refractivity contribution in [2.24, 2.45) is 0 Å². The molecule has 9 heteroatoms. The lowest BCUT2D eigenvalue weighted by Gasteiger charge is -2.37. The van der Waals surface area contributed by atoms with Gasteiger partial charge in [0.2, 0.25) is 11.9 Å². The van der Waals surface area contributed by atoms with E-state index in [-0.39, 0.29) is 5.91 Å². The molecule has 2 fully saturated rings. The van der Waals surface area contributed by atoms with Crippen molar-refractivity contribution in [1.82, 2.24) is 34.5 Å². The Morgan fingerprint density at radius 2 is 1.62 bits per heavy atom. The number of amides is 1. The normalized spacial score (nSPS) is 19.7. The molecule has 2 saturated heterocycles. The zero-order valence-electron chi connectivity index (χ0n) is 14.8. The maximum absolute atomic E-state index is 12.6. The lowest BCUT2D eigenvalue weighted by molar-refractivity contribution is -0.133. The number of rotatable bonds is 4. The van der Waals surface area contributed by atoms with Gasteiger partial charge in [-0.2, -0.15) is 0 Å². The van der Waals surface area contributed by atoms with Gasteiger partial charge in [-0.05, 0) is 18.9 Å². The van der Waals surface area contributed by atoms with Crippen molar-refractivity contribution in [3.8, 4) is 0 Å². The Kier molecular flexibility index (Phi) is 5.05. The summed E-state index contributed by atoms with van der Waals surface area (Å²) in [6.45, 7) is 5.54. The van der Waals surface area contributed by atoms with Crippen molar-refractivity contribution < 1.29 is 4.79 Å². The first-order valence-electron chi connectivity index (χ1n) is 9.16. The van der Waals surface area contributed by atoms with Gasteiger partial charge >= 0.3 is 0 Å². The van der Waals surface area contributed by atoms with Crippen LogP contribution in [0.3, 0.4) is 0 Å². The molecular formula is C17H24N8O. The van der Waals surface area contributed by atoms with Crippen LogP contribution in [0.4, 0.5) is 5.95 Å². The van der Waals surface area contributed by atoms with Crippen LogP contribution in [0, 0.1) is 0 Å². The molecule has 0 aliphatic carbocycles. The molecule has 0 N–H and O–H groups in total. The van der Waals surface area contributed by atoms with Gasteiger partial charge in [0, 0.05) is 57.7 Å². The summed E-state index contributed by atoms with van der Waals surface area (Å²) in [5, 5.41) is 7.74. The maximum Gasteiger partial charge on any atom is 0.236 e. The fourth-order valence-electron chi connectivity index (χ4n) is 3.66. The Balaban J connectivity index is 1.22. The number of piperidine rings is 1. The van der Waals surface area contributed by atoms with Crippen LogP contribution in [0.15, 0.2) is 31.1 Å². The number of piperazine rings is 1. The highest BCUT2D eigenvalue weighted by Gasteiger charge is 2.26. The predicted octanol–water partition coefficient (Wildman–Crippen LogP) is 0.0538. The third-order valence-electron chi connectivity index (χ3n) is 5.24. The smallest absolute Gasteiger partial charge is 0.236 e. The molecule has 2 aliphatic rings. The van der Waals surface area contributed by atoms with E-state index in [9.17, 15) is 4.79 Å². The minimum atomic E-state index is 0.233. The molecule has 2 aliphatic heterocycles. The summed E-state index contributed by atoms with van der Waals surface area (Å²) in [5.74, 6) is 1.01. The van der Waals surface area contributed by atoms with E-state index in [1.165, 1.54) is 0 Å². The Bertz CT molecular complexity index is 691. The van der Waals surface area contributed by atoms with E-state index in [1.54, 1.807) is 25.0 Å². The van der Waals surface area contributed by atoms with Crippen LogP contribution in [-0.2, 0) is 4.79 Å². The van der Waals surface area contributed by atoms with E-state index < -0.39 is 0 Å². The summed E-state index contributed by atoms with van der Waals surface area (Å²) < 4.78 is 2.05. The largest absolute Gasteiger partial charge is 0.341 e. The lowest BCUT2D eigenvalue weighted by atomic mass is 10.0. The Labute approximate surface area is 152 Å². The third kappa shape index (κ3) is 3.82. The number of nitrogens with zero attached hydrogens (tertiary/aromatic N) is 8. The van der Waals surface area contributed by atoms with Gasteiger partial charge in [0.1, 0.15) is 12.7 Å². The first-order valence-corrected chi connectivity index (χ1v) is 9.16. The van der Waals surface area contributed by atoms with Gasteiger partial charge in [0.15, 0.2) is 0 Å². The van der Waals surface area contributed by atoms with Crippen LogP contribution in [0.25, 0.3) is 0 Å². The van der Waals surface area contributed by atoms with Crippen molar-refractivity contribution >= 4 is 11.9 Å².